The molecule has 0 saturated carbocycles. The zero-order valence-electron chi connectivity index (χ0n) is 19.2. The second-order valence-corrected chi connectivity index (χ2v) is 9.33. The molecule has 2 N–H and O–H groups in total. The molecule has 2 aromatic rings. The maximum absolute atomic E-state index is 12.8. The Balaban J connectivity index is 1.51. The molecule has 0 bridgehead atoms. The van der Waals surface area contributed by atoms with E-state index in [1.165, 1.54) is 5.56 Å². The maximum atomic E-state index is 12.8. The summed E-state index contributed by atoms with van der Waals surface area (Å²) < 4.78 is 0. The Hall–Kier alpha value is -3.22. The number of likely N-dealkylation sites (tertiary alicyclic amines) is 2. The quantitative estimate of drug-likeness (QED) is 0.761. The minimum Gasteiger partial charge on any atom is -0.369 e. The smallest absolute Gasteiger partial charge is 0.272 e. The Kier molecular flexibility index (Phi) is 6.77. The Morgan fingerprint density at radius 2 is 1.76 bits per heavy atom. The van der Waals surface area contributed by atoms with Crippen LogP contribution < -0.4 is 5.73 Å². The van der Waals surface area contributed by atoms with Crippen LogP contribution in [-0.2, 0) is 16.0 Å². The Morgan fingerprint density at radius 1 is 1.03 bits per heavy atom. The fourth-order valence-electron chi connectivity index (χ4n) is 5.27. The van der Waals surface area contributed by atoms with Crippen LogP contribution in [0.5, 0.6) is 0 Å². The van der Waals surface area contributed by atoms with E-state index < -0.39 is 5.41 Å². The number of carbonyl (C=O) groups excluding carboxylic acids is 3. The summed E-state index contributed by atoms with van der Waals surface area (Å²) in [5, 5.41) is 0. The summed E-state index contributed by atoms with van der Waals surface area (Å²) in [4.78, 5) is 45.3. The number of pyridine rings is 1. The first-order valence-corrected chi connectivity index (χ1v) is 11.7. The van der Waals surface area contributed by atoms with Gasteiger partial charge in [-0.2, -0.15) is 0 Å². The number of nitrogens with two attached hydrogens (primary N) is 1. The molecule has 0 spiro atoms. The molecule has 2 fully saturated rings. The van der Waals surface area contributed by atoms with Gasteiger partial charge in [-0.1, -0.05) is 30.3 Å². The van der Waals surface area contributed by atoms with Crippen LogP contribution in [0, 0.1) is 5.41 Å². The zero-order valence-corrected chi connectivity index (χ0v) is 19.2. The van der Waals surface area contributed by atoms with Gasteiger partial charge in [-0.05, 0) is 55.4 Å². The normalized spacial score (nSPS) is 20.3. The standard InChI is InChI=1S/C26H32N4O3/c1-19(31)30-14-6-8-21(18-30)22-9-3-2-7-20(22)17-26(25(27)33)11-15-29(16-12-26)24(32)23-10-4-5-13-28-23/h2-5,7,9-10,13,21H,6,8,11-12,14-18H2,1H3,(H2,27,33)/t21-/m1/s1. The molecular formula is C26H32N4O3. The second-order valence-electron chi connectivity index (χ2n) is 9.33. The fourth-order valence-corrected chi connectivity index (χ4v) is 5.27. The van der Waals surface area contributed by atoms with Crippen LogP contribution in [-0.4, -0.2) is 58.7 Å². The van der Waals surface area contributed by atoms with Gasteiger partial charge < -0.3 is 15.5 Å². The van der Waals surface area contributed by atoms with Gasteiger partial charge in [0.15, 0.2) is 0 Å². The Bertz CT molecular complexity index is 1020. The number of hydrogen-bond donors (Lipinski definition) is 1. The Labute approximate surface area is 195 Å². The summed E-state index contributed by atoms with van der Waals surface area (Å²) in [7, 11) is 0. The number of primary amides is 1. The number of nitrogens with zero attached hydrogens (tertiary/aromatic N) is 3. The minimum atomic E-state index is -0.689. The summed E-state index contributed by atoms with van der Waals surface area (Å²) in [5.41, 5.74) is 8.02. The van der Waals surface area contributed by atoms with Crippen molar-refractivity contribution in [3.8, 4) is 0 Å². The third-order valence-electron chi connectivity index (χ3n) is 7.30. The number of rotatable bonds is 5. The molecule has 174 valence electrons. The molecule has 7 nitrogen and oxygen atoms in total. The molecule has 3 amide bonds. The van der Waals surface area contributed by atoms with Crippen molar-refractivity contribution in [3.05, 3.63) is 65.5 Å². The van der Waals surface area contributed by atoms with Gasteiger partial charge in [0.05, 0.1) is 5.41 Å². The van der Waals surface area contributed by atoms with Gasteiger partial charge in [0.25, 0.3) is 5.91 Å². The SMILES string of the molecule is CC(=O)N1CCC[C@@H](c2ccccc2CC2(C(N)=O)CCN(C(=O)c3ccccn3)CC2)C1. The summed E-state index contributed by atoms with van der Waals surface area (Å²) in [5.74, 6) is -0.0535. The van der Waals surface area contributed by atoms with Crippen molar-refractivity contribution in [1.29, 1.82) is 0 Å². The average Bonchev–Trinajstić information content (AvgIpc) is 2.85. The highest BCUT2D eigenvalue weighted by atomic mass is 16.2. The van der Waals surface area contributed by atoms with E-state index >= 15 is 0 Å². The van der Waals surface area contributed by atoms with Crippen LogP contribution in [0.4, 0.5) is 0 Å². The molecule has 4 rings (SSSR count). The van der Waals surface area contributed by atoms with E-state index in [0.29, 0.717) is 44.6 Å². The number of carbonyl (C=O) groups is 3. The molecule has 7 heteroatoms. The number of hydrogen-bond acceptors (Lipinski definition) is 4. The van der Waals surface area contributed by atoms with Crippen LogP contribution in [0.15, 0.2) is 48.7 Å². The van der Waals surface area contributed by atoms with Gasteiger partial charge in [0, 0.05) is 45.2 Å². The molecular weight excluding hydrogens is 416 g/mol. The minimum absolute atomic E-state index is 0.107. The molecule has 0 unspecified atom stereocenters. The van der Waals surface area contributed by atoms with Crippen LogP contribution >= 0.6 is 0 Å². The lowest BCUT2D eigenvalue weighted by Gasteiger charge is -2.40. The van der Waals surface area contributed by atoms with Crippen molar-refractivity contribution in [2.24, 2.45) is 11.1 Å². The van der Waals surface area contributed by atoms with Crippen molar-refractivity contribution in [2.45, 2.75) is 44.9 Å². The van der Waals surface area contributed by atoms with Crippen LogP contribution in [0.1, 0.15) is 60.1 Å². The molecule has 3 heterocycles. The van der Waals surface area contributed by atoms with Crippen LogP contribution in [0.3, 0.4) is 0 Å². The predicted octanol–water partition coefficient (Wildman–Crippen LogP) is 2.76. The highest BCUT2D eigenvalue weighted by molar-refractivity contribution is 5.92. The van der Waals surface area contributed by atoms with Gasteiger partial charge >= 0.3 is 0 Å². The first-order valence-electron chi connectivity index (χ1n) is 11.7. The third-order valence-corrected chi connectivity index (χ3v) is 7.30. The summed E-state index contributed by atoms with van der Waals surface area (Å²) in [6.45, 7) is 4.09. The van der Waals surface area contributed by atoms with E-state index in [-0.39, 0.29) is 23.6 Å². The van der Waals surface area contributed by atoms with Gasteiger partial charge in [-0.3, -0.25) is 19.4 Å². The van der Waals surface area contributed by atoms with E-state index in [1.54, 1.807) is 36.2 Å². The van der Waals surface area contributed by atoms with E-state index in [0.717, 1.165) is 24.9 Å². The van der Waals surface area contributed by atoms with Crippen molar-refractivity contribution in [2.75, 3.05) is 26.2 Å². The summed E-state index contributed by atoms with van der Waals surface area (Å²) >= 11 is 0. The van der Waals surface area contributed by atoms with Crippen LogP contribution in [0.2, 0.25) is 0 Å². The average molecular weight is 449 g/mol. The van der Waals surface area contributed by atoms with Crippen molar-refractivity contribution < 1.29 is 14.4 Å². The monoisotopic (exact) mass is 448 g/mol. The van der Waals surface area contributed by atoms with Crippen molar-refractivity contribution in [1.82, 2.24) is 14.8 Å². The Morgan fingerprint density at radius 3 is 2.42 bits per heavy atom. The lowest BCUT2D eigenvalue weighted by Crippen LogP contribution is -2.50. The molecule has 33 heavy (non-hydrogen) atoms. The van der Waals surface area contributed by atoms with Gasteiger partial charge in [0.2, 0.25) is 11.8 Å². The topological polar surface area (TPSA) is 96.6 Å². The van der Waals surface area contributed by atoms with Gasteiger partial charge in [0.1, 0.15) is 5.69 Å². The largest absolute Gasteiger partial charge is 0.369 e. The highest BCUT2D eigenvalue weighted by Gasteiger charge is 2.42. The first-order chi connectivity index (χ1) is 15.9. The number of piperidine rings is 2. The molecule has 1 atom stereocenters. The number of benzene rings is 1. The van der Waals surface area contributed by atoms with Gasteiger partial charge in [-0.25, -0.2) is 0 Å². The second kappa shape index (κ2) is 9.73. The molecule has 2 saturated heterocycles. The molecule has 0 aliphatic carbocycles. The van der Waals surface area contributed by atoms with E-state index in [9.17, 15) is 14.4 Å². The lowest BCUT2D eigenvalue weighted by molar-refractivity contribution is -0.130. The first kappa shape index (κ1) is 23.0. The lowest BCUT2D eigenvalue weighted by atomic mass is 9.71. The van der Waals surface area contributed by atoms with E-state index in [2.05, 4.69) is 17.1 Å². The molecule has 1 aromatic carbocycles. The molecule has 2 aliphatic heterocycles. The maximum Gasteiger partial charge on any atom is 0.272 e. The molecule has 0 radical (unpaired) electrons. The molecule has 2 aliphatic rings. The summed E-state index contributed by atoms with van der Waals surface area (Å²) in [6, 6.07) is 13.5. The number of aromatic nitrogens is 1. The predicted molar refractivity (Wildman–Crippen MR) is 125 cm³/mol. The van der Waals surface area contributed by atoms with E-state index in [4.69, 9.17) is 5.73 Å². The van der Waals surface area contributed by atoms with Crippen LogP contribution in [0.25, 0.3) is 0 Å². The van der Waals surface area contributed by atoms with Crippen molar-refractivity contribution >= 4 is 17.7 Å². The van der Waals surface area contributed by atoms with Gasteiger partial charge in [-0.15, -0.1) is 0 Å². The van der Waals surface area contributed by atoms with Crippen molar-refractivity contribution in [3.63, 3.8) is 0 Å². The highest BCUT2D eigenvalue weighted by Crippen LogP contribution is 2.38. The zero-order chi connectivity index (χ0) is 23.4. The fraction of sp³-hybridized carbons (Fsp3) is 0.462. The summed E-state index contributed by atoms with van der Waals surface area (Å²) in [6.07, 6.45) is 5.22. The third kappa shape index (κ3) is 4.92. The van der Waals surface area contributed by atoms with E-state index in [1.807, 2.05) is 17.0 Å². The molecule has 1 aromatic heterocycles. The number of amides is 3.